The molecule has 6 N–H and O–H groups in total. The molecule has 30 heteroatoms. The molecule has 3 saturated heterocycles. The predicted octanol–water partition coefficient (Wildman–Crippen LogP) is 10.0. The summed E-state index contributed by atoms with van der Waals surface area (Å²) in [7, 11) is 1.96. The third-order valence-corrected chi connectivity index (χ3v) is 16.7. The quantitative estimate of drug-likeness (QED) is 0.0326. The molecule has 0 bridgehead atoms. The maximum Gasteiger partial charge on any atom is 0.418 e. The molecule has 0 radical (unpaired) electrons. The van der Waals surface area contributed by atoms with Gasteiger partial charge >= 0.3 is 12.4 Å². The highest BCUT2D eigenvalue weighted by Gasteiger charge is 2.36. The van der Waals surface area contributed by atoms with E-state index in [0.717, 1.165) is 57.5 Å². The van der Waals surface area contributed by atoms with Crippen LogP contribution < -0.4 is 36.6 Å². The molecular formula is C66H71F6N19O5. The summed E-state index contributed by atoms with van der Waals surface area (Å²) in [6.45, 7) is 13.4. The van der Waals surface area contributed by atoms with Crippen LogP contribution in [0, 0.1) is 13.8 Å². The number of alkyl halides is 6. The summed E-state index contributed by atoms with van der Waals surface area (Å²) in [6.07, 6.45) is 2.18. The van der Waals surface area contributed by atoms with E-state index in [1.807, 2.05) is 14.0 Å². The summed E-state index contributed by atoms with van der Waals surface area (Å²) in [5.74, 6) is 1.28. The number of carbonyl (C=O) groups excluding carboxylic acids is 2. The van der Waals surface area contributed by atoms with E-state index in [0.29, 0.717) is 129 Å². The van der Waals surface area contributed by atoms with Crippen LogP contribution in [0.4, 0.5) is 72.6 Å². The zero-order chi connectivity index (χ0) is 66.9. The molecule has 3 aliphatic rings. The number of halogens is 6. The third kappa shape index (κ3) is 16.5. The Bertz CT molecular complexity index is 4190. The third-order valence-electron chi connectivity index (χ3n) is 16.7. The molecule has 8 heterocycles. The second-order valence-corrected chi connectivity index (χ2v) is 23.5. The number of rotatable bonds is 23. The normalized spacial score (nSPS) is 15.3. The first kappa shape index (κ1) is 66.0. The van der Waals surface area contributed by atoms with E-state index >= 15 is 0 Å². The van der Waals surface area contributed by atoms with Crippen LogP contribution in [-0.2, 0) is 28.2 Å². The highest BCUT2D eigenvalue weighted by molar-refractivity contribution is 6.06. The second-order valence-electron chi connectivity index (χ2n) is 23.5. The average Bonchev–Trinajstić information content (AvgIpc) is 1.68. The number of aryl methyl sites for hydroxylation is 2. The molecule has 2 amide bonds. The van der Waals surface area contributed by atoms with Gasteiger partial charge in [-0.3, -0.25) is 28.5 Å². The van der Waals surface area contributed by atoms with Crippen LogP contribution in [0.3, 0.4) is 0 Å². The van der Waals surface area contributed by atoms with Gasteiger partial charge in [-0.1, -0.05) is 12.1 Å². The molecule has 9 aromatic rings. The lowest BCUT2D eigenvalue weighted by Crippen LogP contribution is -2.39. The maximum absolute atomic E-state index is 14.6. The van der Waals surface area contributed by atoms with Crippen LogP contribution in [0.15, 0.2) is 129 Å². The van der Waals surface area contributed by atoms with Gasteiger partial charge in [0.15, 0.2) is 0 Å². The Morgan fingerprint density at radius 3 is 1.86 bits per heavy atom. The van der Waals surface area contributed by atoms with Crippen molar-refractivity contribution in [2.24, 2.45) is 0 Å². The first-order chi connectivity index (χ1) is 46.3. The highest BCUT2D eigenvalue weighted by Crippen LogP contribution is 2.38. The monoisotopic (exact) mass is 1320 g/mol. The number of ether oxygens (including phenoxy) is 3. The fourth-order valence-corrected chi connectivity index (χ4v) is 11.4. The molecule has 502 valence electrons. The van der Waals surface area contributed by atoms with E-state index in [9.17, 15) is 35.9 Å². The van der Waals surface area contributed by atoms with Crippen LogP contribution in [0.2, 0.25) is 0 Å². The zero-order valence-electron chi connectivity index (χ0n) is 52.8. The lowest BCUT2D eigenvalue weighted by atomic mass is 10.1. The first-order valence-electron chi connectivity index (χ1n) is 31.4. The van der Waals surface area contributed by atoms with Gasteiger partial charge in [0, 0.05) is 149 Å². The molecular weight excluding hydrogens is 1250 g/mol. The van der Waals surface area contributed by atoms with Crippen molar-refractivity contribution in [1.29, 1.82) is 0 Å². The largest absolute Gasteiger partial charge is 0.490 e. The number of morpholine rings is 2. The van der Waals surface area contributed by atoms with Gasteiger partial charge in [-0.15, -0.1) is 0 Å². The molecule has 3 fully saturated rings. The molecule has 5 aromatic heterocycles. The molecule has 0 aliphatic carbocycles. The Balaban J connectivity index is 0.869. The Morgan fingerprint density at radius 1 is 0.604 bits per heavy atom. The van der Waals surface area contributed by atoms with Crippen LogP contribution in [-0.4, -0.2) is 180 Å². The van der Waals surface area contributed by atoms with Gasteiger partial charge in [0.2, 0.25) is 11.9 Å². The van der Waals surface area contributed by atoms with E-state index in [1.165, 1.54) is 47.8 Å². The van der Waals surface area contributed by atoms with E-state index in [-0.39, 0.29) is 52.4 Å². The minimum absolute atomic E-state index is 0.0700. The Labute approximate surface area is 548 Å². The fourth-order valence-electron chi connectivity index (χ4n) is 11.4. The van der Waals surface area contributed by atoms with Gasteiger partial charge in [-0.05, 0) is 106 Å². The van der Waals surface area contributed by atoms with Crippen molar-refractivity contribution in [3.05, 3.63) is 173 Å². The van der Waals surface area contributed by atoms with Gasteiger partial charge < -0.3 is 55.6 Å². The van der Waals surface area contributed by atoms with Crippen molar-refractivity contribution < 1.29 is 50.1 Å². The van der Waals surface area contributed by atoms with Crippen LogP contribution in [0.25, 0.3) is 17.3 Å². The predicted molar refractivity (Wildman–Crippen MR) is 349 cm³/mol. The van der Waals surface area contributed by atoms with Crippen molar-refractivity contribution in [3.8, 4) is 23.1 Å². The van der Waals surface area contributed by atoms with Crippen molar-refractivity contribution in [2.75, 3.05) is 131 Å². The number of amides is 2. The van der Waals surface area contributed by atoms with Crippen molar-refractivity contribution in [1.82, 2.24) is 63.3 Å². The summed E-state index contributed by atoms with van der Waals surface area (Å²) in [6, 6.07) is 20.0. The Hall–Kier alpha value is -10.0. The number of piperidine rings is 1. The zero-order valence-corrected chi connectivity index (χ0v) is 52.8. The molecule has 0 saturated carbocycles. The van der Waals surface area contributed by atoms with Crippen LogP contribution >= 0.6 is 0 Å². The van der Waals surface area contributed by atoms with E-state index in [1.54, 1.807) is 83.2 Å². The molecule has 0 spiro atoms. The molecule has 12 rings (SSSR count). The number of imidazole rings is 3. The number of carbonyl (C=O) groups is 2. The Kier molecular flexibility index (Phi) is 20.2. The molecule has 96 heavy (non-hydrogen) atoms. The smallest absolute Gasteiger partial charge is 0.418 e. The molecule has 0 atom stereocenters. The summed E-state index contributed by atoms with van der Waals surface area (Å²) in [5.41, 5.74) is 0.451. The topological polar surface area (TPSA) is 249 Å². The summed E-state index contributed by atoms with van der Waals surface area (Å²) in [5, 5.41) is 19.1. The average molecular weight is 1320 g/mol. The minimum Gasteiger partial charge on any atom is -0.490 e. The van der Waals surface area contributed by atoms with E-state index < -0.39 is 35.3 Å². The fraction of sp³-hybridized carbons (Fsp3) is 0.348. The minimum atomic E-state index is -4.78. The first-order valence-corrected chi connectivity index (χ1v) is 31.4. The lowest BCUT2D eigenvalue weighted by molar-refractivity contribution is -0.138. The number of nitrogens with zero attached hydrogens (tertiary/aromatic N) is 13. The van der Waals surface area contributed by atoms with Gasteiger partial charge in [0.1, 0.15) is 53.6 Å². The number of benzene rings is 4. The summed E-state index contributed by atoms with van der Waals surface area (Å²) < 4.78 is 109. The number of hydrogen-bond donors (Lipinski definition) is 6. The van der Waals surface area contributed by atoms with Gasteiger partial charge in [0.25, 0.3) is 11.8 Å². The van der Waals surface area contributed by atoms with Gasteiger partial charge in [-0.2, -0.15) is 26.3 Å². The lowest BCUT2D eigenvalue weighted by Gasteiger charge is -2.29. The number of likely N-dealkylation sites (tertiary alicyclic amines) is 1. The number of nitrogens with one attached hydrogen (secondary N) is 6. The molecule has 4 aromatic carbocycles. The maximum atomic E-state index is 14.6. The SMILES string of the molecule is Cc1ccc(C(=O)Nc2ccc(-n3ccnc3C)c(C(F)(F)F)c2)cc1Nc1nc(Cc2ccc(NC(=O)c3cc(OC4CCN(C)CC4)cc(C(F)(F)F)c3)cc2Nc2nccn2-c2cc(NCCN3CCOCC3)ncn2)cn1-c1cc(NCCN2CCOCC2)ncn1. The highest BCUT2D eigenvalue weighted by atomic mass is 19.4. The summed E-state index contributed by atoms with van der Waals surface area (Å²) in [4.78, 5) is 67.1. The van der Waals surface area contributed by atoms with E-state index in [4.69, 9.17) is 19.2 Å². The van der Waals surface area contributed by atoms with Crippen molar-refractivity contribution >= 4 is 58.1 Å². The number of hydrogen-bond acceptors (Lipinski definition) is 19. The van der Waals surface area contributed by atoms with Gasteiger partial charge in [0.05, 0.1) is 48.9 Å². The van der Waals surface area contributed by atoms with E-state index in [2.05, 4.69) is 76.5 Å². The molecule has 24 nitrogen and oxygen atoms in total. The number of anilines is 8. The Morgan fingerprint density at radius 2 is 1.22 bits per heavy atom. The standard InChI is InChI=1S/C66H71F6N19O5/c1-42-4-5-45(61(92)81-48-8-9-56(53(35-48)66(70,71)72)89-20-14-73-43(89)2)33-54(42)84-64-83-50(39-91(64)60-38-58(78-41-80-60)75-13-19-88-24-28-95-29-25-88)31-44-6-7-49(82-62(93)46-30-47(65(67,68)69)34-52(32-46)96-51-10-16-86(3)17-11-51)36-55(44)85-63-76-15-21-90(63)59-37-57(77-40-79-59)74-12-18-87-22-26-94-27-23-87/h4-9,14-15,20-21,30,32-41,51H,10-13,16-19,22-29,31H2,1-3H3,(H,76,85)(H,81,92)(H,82,93)(H,83,84)(H,74,77,79)(H,75,78,80). The van der Waals surface area contributed by atoms with Crippen LogP contribution in [0.5, 0.6) is 5.75 Å². The second kappa shape index (κ2) is 29.3. The number of aromatic nitrogens is 10. The molecule has 3 aliphatic heterocycles. The summed E-state index contributed by atoms with van der Waals surface area (Å²) >= 11 is 0. The van der Waals surface area contributed by atoms with Crippen molar-refractivity contribution in [2.45, 2.75) is 51.6 Å². The van der Waals surface area contributed by atoms with Crippen molar-refractivity contribution in [3.63, 3.8) is 0 Å². The van der Waals surface area contributed by atoms with Gasteiger partial charge in [-0.25, -0.2) is 34.9 Å². The van der Waals surface area contributed by atoms with Crippen LogP contribution in [0.1, 0.15) is 67.3 Å². The molecule has 0 unspecified atom stereocenters.